The molecule has 0 atom stereocenters. The number of thiophene rings is 1. The lowest BCUT2D eigenvalue weighted by atomic mass is 10.3. The van der Waals surface area contributed by atoms with E-state index in [4.69, 9.17) is 5.11 Å². The molecule has 0 aliphatic rings. The molecule has 1 N–H and O–H groups in total. The molecule has 0 amide bonds. The lowest BCUT2D eigenvalue weighted by molar-refractivity contribution is 0.0701. The Morgan fingerprint density at radius 1 is 1.67 bits per heavy atom. The molecule has 0 radical (unpaired) electrons. The van der Waals surface area contributed by atoms with Crippen LogP contribution in [0.1, 0.15) is 24.9 Å². The van der Waals surface area contributed by atoms with E-state index in [1.165, 1.54) is 0 Å². The molecule has 3 nitrogen and oxygen atoms in total. The van der Waals surface area contributed by atoms with Gasteiger partial charge in [0, 0.05) is 4.47 Å². The summed E-state index contributed by atoms with van der Waals surface area (Å²) >= 11 is 4.13. The van der Waals surface area contributed by atoms with Crippen LogP contribution in [0.2, 0.25) is 0 Å². The molecule has 1 rings (SSSR count). The summed E-state index contributed by atoms with van der Waals surface area (Å²) in [5, 5.41) is 8.67. The predicted molar refractivity (Wildman–Crippen MR) is 49.1 cm³/mol. The third-order valence-corrected chi connectivity index (χ3v) is 3.89. The van der Waals surface area contributed by atoms with Crippen LogP contribution < -0.4 is 0 Å². The van der Waals surface area contributed by atoms with E-state index >= 15 is 0 Å². The van der Waals surface area contributed by atoms with Crippen LogP contribution in [-0.4, -0.2) is 17.4 Å². The Hall–Kier alpha value is -0.680. The zero-order valence-corrected chi connectivity index (χ0v) is 8.53. The van der Waals surface area contributed by atoms with Crippen molar-refractivity contribution in [2.75, 3.05) is 0 Å². The smallest absolute Gasteiger partial charge is 0.346 e. The fourth-order valence-corrected chi connectivity index (χ4v) is 2.31. The number of carboxylic acid groups (broad SMARTS) is 1. The van der Waals surface area contributed by atoms with Crippen molar-refractivity contribution in [3.8, 4) is 0 Å². The molecule has 0 saturated carbocycles. The largest absolute Gasteiger partial charge is 0.477 e. The minimum Gasteiger partial charge on any atom is -0.477 e. The highest BCUT2D eigenvalue weighted by molar-refractivity contribution is 9.10. The van der Waals surface area contributed by atoms with Crippen LogP contribution in [0.25, 0.3) is 0 Å². The topological polar surface area (TPSA) is 54.4 Å². The summed E-state index contributed by atoms with van der Waals surface area (Å²) in [6.45, 7) is 1.66. The third-order valence-electron chi connectivity index (χ3n) is 1.40. The number of aldehydes is 1. The second-order valence-electron chi connectivity index (χ2n) is 2.16. The number of carbonyl (C=O) groups excluding carboxylic acids is 1. The van der Waals surface area contributed by atoms with Crippen molar-refractivity contribution in [2.45, 2.75) is 6.92 Å². The van der Waals surface area contributed by atoms with Crippen molar-refractivity contribution in [3.63, 3.8) is 0 Å². The van der Waals surface area contributed by atoms with Crippen LogP contribution in [0.4, 0.5) is 0 Å². The Balaban J connectivity index is 3.34. The molecule has 0 aliphatic carbocycles. The maximum Gasteiger partial charge on any atom is 0.346 e. The normalized spacial score (nSPS) is 9.83. The average Bonchev–Trinajstić information content (AvgIpc) is 2.30. The van der Waals surface area contributed by atoms with Gasteiger partial charge in [0.1, 0.15) is 4.88 Å². The molecule has 5 heteroatoms. The van der Waals surface area contributed by atoms with Crippen LogP contribution in [0, 0.1) is 6.92 Å². The number of carboxylic acids is 1. The average molecular weight is 249 g/mol. The molecule has 12 heavy (non-hydrogen) atoms. The first-order chi connectivity index (χ1) is 5.57. The number of halogens is 1. The van der Waals surface area contributed by atoms with Crippen LogP contribution in [0.5, 0.6) is 0 Å². The van der Waals surface area contributed by atoms with Gasteiger partial charge in [-0.3, -0.25) is 4.79 Å². The molecule has 1 heterocycles. The number of hydrogen-bond acceptors (Lipinski definition) is 3. The molecule has 0 saturated heterocycles. The van der Waals surface area contributed by atoms with Gasteiger partial charge < -0.3 is 5.11 Å². The van der Waals surface area contributed by atoms with Gasteiger partial charge in [-0.2, -0.15) is 0 Å². The van der Waals surface area contributed by atoms with Gasteiger partial charge in [0.2, 0.25) is 0 Å². The van der Waals surface area contributed by atoms with Crippen LogP contribution in [-0.2, 0) is 0 Å². The molecule has 1 aromatic rings. The fraction of sp³-hybridized carbons (Fsp3) is 0.143. The Morgan fingerprint density at radius 2 is 2.25 bits per heavy atom. The van der Waals surface area contributed by atoms with Crippen LogP contribution in [0.3, 0.4) is 0 Å². The maximum absolute atomic E-state index is 10.6. The van der Waals surface area contributed by atoms with E-state index in [9.17, 15) is 9.59 Å². The van der Waals surface area contributed by atoms with E-state index in [0.29, 0.717) is 21.2 Å². The Labute approximate surface area is 81.2 Å². The predicted octanol–water partition coefficient (Wildman–Crippen LogP) is 2.33. The molecule has 0 unspecified atom stereocenters. The van der Waals surface area contributed by atoms with Crippen molar-refractivity contribution in [1.29, 1.82) is 0 Å². The highest BCUT2D eigenvalue weighted by atomic mass is 79.9. The Morgan fingerprint density at radius 3 is 2.50 bits per heavy atom. The van der Waals surface area contributed by atoms with E-state index in [1.807, 2.05) is 0 Å². The SMILES string of the molecule is Cc1c(C(=O)O)sc(C=O)c1Br. The van der Waals surface area contributed by atoms with Crippen molar-refractivity contribution < 1.29 is 14.7 Å². The summed E-state index contributed by atoms with van der Waals surface area (Å²) < 4.78 is 0.583. The molecule has 0 bridgehead atoms. The summed E-state index contributed by atoms with van der Waals surface area (Å²) in [6, 6.07) is 0. The zero-order valence-electron chi connectivity index (χ0n) is 6.13. The quantitative estimate of drug-likeness (QED) is 0.818. The van der Waals surface area contributed by atoms with Gasteiger partial charge in [-0.1, -0.05) is 0 Å². The van der Waals surface area contributed by atoms with Gasteiger partial charge in [0.05, 0.1) is 4.88 Å². The van der Waals surface area contributed by atoms with E-state index in [0.717, 1.165) is 11.3 Å². The summed E-state index contributed by atoms with van der Waals surface area (Å²) in [4.78, 5) is 21.6. The third kappa shape index (κ3) is 1.42. The summed E-state index contributed by atoms with van der Waals surface area (Å²) in [6.07, 6.45) is 0.647. The Bertz CT molecular complexity index is 343. The highest BCUT2D eigenvalue weighted by Crippen LogP contribution is 2.31. The van der Waals surface area contributed by atoms with Gasteiger partial charge in [0.25, 0.3) is 0 Å². The minimum absolute atomic E-state index is 0.212. The second kappa shape index (κ2) is 3.37. The molecular formula is C7H5BrO3S. The van der Waals surface area contributed by atoms with E-state index in [1.54, 1.807) is 6.92 Å². The Kier molecular flexibility index (Phi) is 2.64. The first kappa shape index (κ1) is 9.41. The molecular weight excluding hydrogens is 244 g/mol. The van der Waals surface area contributed by atoms with Crippen molar-refractivity contribution in [2.24, 2.45) is 0 Å². The molecule has 0 aromatic carbocycles. The summed E-state index contributed by atoms with van der Waals surface area (Å²) in [7, 11) is 0. The molecule has 0 aliphatic heterocycles. The first-order valence-corrected chi connectivity index (χ1v) is 4.66. The molecule has 0 fully saturated rings. The molecule has 1 aromatic heterocycles. The lowest BCUT2D eigenvalue weighted by Crippen LogP contribution is -1.93. The molecule has 0 spiro atoms. The van der Waals surface area contributed by atoms with E-state index < -0.39 is 5.97 Å². The highest BCUT2D eigenvalue weighted by Gasteiger charge is 2.16. The number of aromatic carboxylic acids is 1. The second-order valence-corrected chi connectivity index (χ2v) is 4.00. The molecule has 64 valence electrons. The van der Waals surface area contributed by atoms with E-state index in [2.05, 4.69) is 15.9 Å². The van der Waals surface area contributed by atoms with Crippen molar-refractivity contribution in [3.05, 3.63) is 19.8 Å². The summed E-state index contributed by atoms with van der Waals surface area (Å²) in [5.74, 6) is -0.994. The van der Waals surface area contributed by atoms with E-state index in [-0.39, 0.29) is 4.88 Å². The number of rotatable bonds is 2. The van der Waals surface area contributed by atoms with Crippen LogP contribution in [0.15, 0.2) is 4.47 Å². The van der Waals surface area contributed by atoms with Gasteiger partial charge in [-0.25, -0.2) is 4.79 Å². The number of carbonyl (C=O) groups is 2. The van der Waals surface area contributed by atoms with Crippen molar-refractivity contribution in [1.82, 2.24) is 0 Å². The maximum atomic E-state index is 10.6. The number of hydrogen-bond donors (Lipinski definition) is 1. The summed E-state index contributed by atoms with van der Waals surface area (Å²) in [5.41, 5.74) is 0.606. The first-order valence-electron chi connectivity index (χ1n) is 3.05. The van der Waals surface area contributed by atoms with Gasteiger partial charge in [-0.15, -0.1) is 11.3 Å². The van der Waals surface area contributed by atoms with Gasteiger partial charge in [0.15, 0.2) is 6.29 Å². The van der Waals surface area contributed by atoms with Crippen LogP contribution >= 0.6 is 27.3 Å². The lowest BCUT2D eigenvalue weighted by Gasteiger charge is -1.89. The zero-order chi connectivity index (χ0) is 9.30. The monoisotopic (exact) mass is 248 g/mol. The fourth-order valence-electron chi connectivity index (χ4n) is 0.796. The standard InChI is InChI=1S/C7H5BrO3S/c1-3-5(8)4(2-9)12-6(3)7(10)11/h2H,1H3,(H,10,11). The van der Waals surface area contributed by atoms with Gasteiger partial charge >= 0.3 is 5.97 Å². The van der Waals surface area contributed by atoms with Gasteiger partial charge in [-0.05, 0) is 28.4 Å². The van der Waals surface area contributed by atoms with Crippen molar-refractivity contribution >= 4 is 39.5 Å². The minimum atomic E-state index is -0.994.